The largest absolute Gasteiger partial charge is 0.508 e. The molecule has 0 spiro atoms. The molecule has 0 aromatic heterocycles. The van der Waals surface area contributed by atoms with Crippen molar-refractivity contribution in [1.29, 1.82) is 0 Å². The van der Waals surface area contributed by atoms with Crippen molar-refractivity contribution in [2.24, 2.45) is 5.92 Å². The van der Waals surface area contributed by atoms with Crippen LogP contribution in [0.25, 0.3) is 0 Å². The number of rotatable bonds is 6. The summed E-state index contributed by atoms with van der Waals surface area (Å²) >= 11 is 0. The Morgan fingerprint density at radius 3 is 2.71 bits per heavy atom. The van der Waals surface area contributed by atoms with Gasteiger partial charge >= 0.3 is 0 Å². The number of allylic oxidation sites excluding steroid dienone is 2. The van der Waals surface area contributed by atoms with Crippen LogP contribution in [0, 0.1) is 5.92 Å². The normalized spacial score (nSPS) is 22.6. The zero-order valence-electron chi connectivity index (χ0n) is 15.5. The van der Waals surface area contributed by atoms with E-state index in [2.05, 4.69) is 39.0 Å². The highest BCUT2D eigenvalue weighted by atomic mass is 16.5. The average molecular weight is 328 g/mol. The quantitative estimate of drug-likeness (QED) is 0.506. The molecule has 0 bridgehead atoms. The molecule has 2 unspecified atom stereocenters. The fourth-order valence-corrected chi connectivity index (χ4v) is 4.24. The molecule has 0 radical (unpaired) electrons. The van der Waals surface area contributed by atoms with Gasteiger partial charge in [-0.15, -0.1) is 0 Å². The Bertz CT molecular complexity index is 600. The zero-order chi connectivity index (χ0) is 17.2. The number of unbranched alkanes of at least 4 members (excludes halogenated alkanes) is 3. The van der Waals surface area contributed by atoms with E-state index in [1.165, 1.54) is 31.2 Å². The predicted molar refractivity (Wildman–Crippen MR) is 100.0 cm³/mol. The highest BCUT2D eigenvalue weighted by Crippen LogP contribution is 2.49. The topological polar surface area (TPSA) is 29.5 Å². The summed E-state index contributed by atoms with van der Waals surface area (Å²) in [5.74, 6) is 2.29. The molecule has 3 rings (SSSR count). The van der Waals surface area contributed by atoms with Gasteiger partial charge in [0.25, 0.3) is 0 Å². The molecule has 0 saturated carbocycles. The van der Waals surface area contributed by atoms with E-state index in [0.717, 1.165) is 37.2 Å². The Labute approximate surface area is 146 Å². The van der Waals surface area contributed by atoms with Crippen LogP contribution >= 0.6 is 0 Å². The molecule has 0 fully saturated rings. The first kappa shape index (κ1) is 17.4. The maximum absolute atomic E-state index is 10.7. The molecule has 132 valence electrons. The van der Waals surface area contributed by atoms with E-state index in [9.17, 15) is 5.11 Å². The number of phenols is 1. The Hall–Kier alpha value is -1.44. The number of phenolic OH excluding ortho intramolecular Hbond substituents is 1. The Morgan fingerprint density at radius 1 is 1.12 bits per heavy atom. The number of hydrogen-bond acceptors (Lipinski definition) is 2. The van der Waals surface area contributed by atoms with Gasteiger partial charge < -0.3 is 9.84 Å². The number of aromatic hydroxyl groups is 1. The van der Waals surface area contributed by atoms with Gasteiger partial charge in [-0.05, 0) is 42.4 Å². The first-order valence-electron chi connectivity index (χ1n) is 9.68. The van der Waals surface area contributed by atoms with E-state index < -0.39 is 0 Å². The molecule has 1 aromatic carbocycles. The first-order valence-corrected chi connectivity index (χ1v) is 9.68. The van der Waals surface area contributed by atoms with Crippen LogP contribution in [-0.4, -0.2) is 11.7 Å². The van der Waals surface area contributed by atoms with Crippen molar-refractivity contribution in [1.82, 2.24) is 0 Å². The van der Waals surface area contributed by atoms with E-state index in [1.807, 2.05) is 6.07 Å². The fourth-order valence-electron chi connectivity index (χ4n) is 4.24. The summed E-state index contributed by atoms with van der Waals surface area (Å²) in [6.07, 6.45) is 12.9. The van der Waals surface area contributed by atoms with E-state index >= 15 is 0 Å². The Morgan fingerprint density at radius 2 is 1.92 bits per heavy atom. The fraction of sp³-hybridized carbons (Fsp3) is 0.636. The van der Waals surface area contributed by atoms with Crippen molar-refractivity contribution in [3.05, 3.63) is 35.4 Å². The van der Waals surface area contributed by atoms with Crippen molar-refractivity contribution in [2.45, 2.75) is 77.0 Å². The summed E-state index contributed by atoms with van der Waals surface area (Å²) < 4.78 is 6.06. The molecule has 1 aliphatic carbocycles. The van der Waals surface area contributed by atoms with Crippen LogP contribution in [0.1, 0.15) is 82.8 Å². The number of benzene rings is 1. The molecule has 2 aliphatic rings. The van der Waals surface area contributed by atoms with E-state index in [-0.39, 0.29) is 5.41 Å². The third-order valence-electron chi connectivity index (χ3n) is 5.95. The predicted octanol–water partition coefficient (Wildman–Crippen LogP) is 6.08. The van der Waals surface area contributed by atoms with Crippen LogP contribution < -0.4 is 4.74 Å². The monoisotopic (exact) mass is 328 g/mol. The van der Waals surface area contributed by atoms with Crippen molar-refractivity contribution in [2.75, 3.05) is 6.61 Å². The zero-order valence-corrected chi connectivity index (χ0v) is 15.5. The number of fused-ring (bicyclic) bond motifs is 3. The second-order valence-electron chi connectivity index (χ2n) is 8.22. The van der Waals surface area contributed by atoms with Crippen LogP contribution in [0.2, 0.25) is 0 Å². The third-order valence-corrected chi connectivity index (χ3v) is 5.95. The Balaban J connectivity index is 1.82. The van der Waals surface area contributed by atoms with Gasteiger partial charge in [0.1, 0.15) is 11.5 Å². The van der Waals surface area contributed by atoms with Crippen LogP contribution in [0.4, 0.5) is 0 Å². The van der Waals surface area contributed by atoms with E-state index in [0.29, 0.717) is 17.6 Å². The molecular weight excluding hydrogens is 296 g/mol. The first-order chi connectivity index (χ1) is 11.5. The SMILES string of the molecule is CCCCCCC(C)(C)c1cc(O)c2c(c1)OCC1CC=CCC21. The molecule has 1 aromatic rings. The maximum Gasteiger partial charge on any atom is 0.126 e. The summed E-state index contributed by atoms with van der Waals surface area (Å²) in [6, 6.07) is 4.20. The highest BCUT2D eigenvalue weighted by molar-refractivity contribution is 5.52. The van der Waals surface area contributed by atoms with Gasteiger partial charge in [0.15, 0.2) is 0 Å². The van der Waals surface area contributed by atoms with Crippen molar-refractivity contribution in [3.63, 3.8) is 0 Å². The van der Waals surface area contributed by atoms with Crippen molar-refractivity contribution >= 4 is 0 Å². The number of hydrogen-bond donors (Lipinski definition) is 1. The standard InChI is InChI=1S/C22H32O2/c1-4-5-6-9-12-22(2,3)17-13-19(23)21-18-11-8-7-10-16(18)15-24-20(21)14-17/h7-8,13-14,16,18,23H,4-6,9-12,15H2,1-3H3. The van der Waals surface area contributed by atoms with Gasteiger partial charge in [0.2, 0.25) is 0 Å². The van der Waals surface area contributed by atoms with Crippen molar-refractivity contribution in [3.8, 4) is 11.5 Å². The van der Waals surface area contributed by atoms with Crippen LogP contribution in [0.5, 0.6) is 11.5 Å². The number of ether oxygens (including phenoxy) is 1. The molecule has 2 atom stereocenters. The summed E-state index contributed by atoms with van der Waals surface area (Å²) in [7, 11) is 0. The smallest absolute Gasteiger partial charge is 0.126 e. The summed E-state index contributed by atoms with van der Waals surface area (Å²) in [6.45, 7) is 7.60. The molecule has 0 saturated heterocycles. The molecule has 2 heteroatoms. The average Bonchev–Trinajstić information content (AvgIpc) is 2.58. The molecule has 24 heavy (non-hydrogen) atoms. The van der Waals surface area contributed by atoms with Crippen LogP contribution in [0.3, 0.4) is 0 Å². The molecule has 1 aliphatic heterocycles. The van der Waals surface area contributed by atoms with Gasteiger partial charge in [-0.2, -0.15) is 0 Å². The minimum absolute atomic E-state index is 0.0763. The van der Waals surface area contributed by atoms with Gasteiger partial charge in [-0.1, -0.05) is 58.6 Å². The molecule has 1 heterocycles. The van der Waals surface area contributed by atoms with Crippen molar-refractivity contribution < 1.29 is 9.84 Å². The van der Waals surface area contributed by atoms with Crippen LogP contribution in [0.15, 0.2) is 24.3 Å². The molecular formula is C22H32O2. The summed E-state index contributed by atoms with van der Waals surface area (Å²) in [4.78, 5) is 0. The van der Waals surface area contributed by atoms with E-state index in [1.54, 1.807) is 0 Å². The van der Waals surface area contributed by atoms with Gasteiger partial charge in [-0.3, -0.25) is 0 Å². The van der Waals surface area contributed by atoms with Gasteiger partial charge in [0, 0.05) is 17.4 Å². The highest BCUT2D eigenvalue weighted by Gasteiger charge is 2.35. The summed E-state index contributed by atoms with van der Waals surface area (Å²) in [5.41, 5.74) is 2.33. The minimum atomic E-state index is 0.0763. The molecule has 1 N–H and O–H groups in total. The van der Waals surface area contributed by atoms with E-state index in [4.69, 9.17) is 4.74 Å². The summed E-state index contributed by atoms with van der Waals surface area (Å²) in [5, 5.41) is 10.7. The Kier molecular flexibility index (Phi) is 5.22. The lowest BCUT2D eigenvalue weighted by molar-refractivity contribution is 0.186. The molecule has 0 amide bonds. The lowest BCUT2D eigenvalue weighted by atomic mass is 9.74. The lowest BCUT2D eigenvalue weighted by Gasteiger charge is -2.36. The molecule has 2 nitrogen and oxygen atoms in total. The third kappa shape index (κ3) is 3.48. The second-order valence-corrected chi connectivity index (χ2v) is 8.22. The van der Waals surface area contributed by atoms with Gasteiger partial charge in [-0.25, -0.2) is 0 Å². The minimum Gasteiger partial charge on any atom is -0.508 e. The van der Waals surface area contributed by atoms with Gasteiger partial charge in [0.05, 0.1) is 6.61 Å². The lowest BCUT2D eigenvalue weighted by Crippen LogP contribution is -2.28. The van der Waals surface area contributed by atoms with Crippen LogP contribution in [-0.2, 0) is 5.41 Å². The second kappa shape index (κ2) is 7.21. The maximum atomic E-state index is 10.7.